The molecule has 2 rings (SSSR count). The Morgan fingerprint density at radius 1 is 1.14 bits per heavy atom. The number of nitrogens with zero attached hydrogens (tertiary/aromatic N) is 1. The number of nitrogens with one attached hydrogen (secondary N) is 1. The second-order valence-electron chi connectivity index (χ2n) is 5.68. The van der Waals surface area contributed by atoms with Crippen LogP contribution < -0.4 is 5.32 Å². The Bertz CT molecular complexity index is 521. The number of benzene rings is 1. The molecule has 0 bridgehead atoms. The van der Waals surface area contributed by atoms with Crippen molar-refractivity contribution in [3.8, 4) is 0 Å². The Labute approximate surface area is 141 Å². The Balaban J connectivity index is 0.00000242. The molecule has 0 radical (unpaired) electrons. The summed E-state index contributed by atoms with van der Waals surface area (Å²) < 4.78 is 0. The molecule has 1 aromatic rings. The van der Waals surface area contributed by atoms with E-state index in [9.17, 15) is 9.59 Å². The van der Waals surface area contributed by atoms with E-state index in [1.165, 1.54) is 0 Å². The summed E-state index contributed by atoms with van der Waals surface area (Å²) in [6, 6.07) is 9.79. The molecule has 5 heteroatoms. The third-order valence-electron chi connectivity index (χ3n) is 3.69. The molecule has 120 valence electrons. The minimum absolute atomic E-state index is 0. The average molecular weight is 345 g/mol. The number of carbonyl (C=O) groups excluding carboxylic acids is 2. The number of allylic oxidation sites excluding steroid dienone is 1. The van der Waals surface area contributed by atoms with E-state index >= 15 is 0 Å². The van der Waals surface area contributed by atoms with E-state index in [-0.39, 0.29) is 34.0 Å². The fourth-order valence-electron chi connectivity index (χ4n) is 2.48. The molecule has 1 fully saturated rings. The van der Waals surface area contributed by atoms with Crippen LogP contribution in [0, 0.1) is 0 Å². The molecule has 22 heavy (non-hydrogen) atoms. The normalized spacial score (nSPS) is 18.1. The summed E-state index contributed by atoms with van der Waals surface area (Å²) in [6.07, 6.45) is 2.42. The third kappa shape index (κ3) is 5.08. The van der Waals surface area contributed by atoms with Crippen molar-refractivity contribution in [2.75, 3.05) is 27.2 Å². The van der Waals surface area contributed by atoms with Gasteiger partial charge in [0.25, 0.3) is 0 Å². The molecule has 0 spiro atoms. The summed E-state index contributed by atoms with van der Waals surface area (Å²) in [5.41, 5.74) is 1.39. The van der Waals surface area contributed by atoms with Crippen LogP contribution in [0.2, 0.25) is 0 Å². The van der Waals surface area contributed by atoms with Gasteiger partial charge in [0, 0.05) is 32.1 Å². The fourth-order valence-corrected chi connectivity index (χ4v) is 2.48. The zero-order valence-corrected chi connectivity index (χ0v) is 13.9. The van der Waals surface area contributed by atoms with Gasteiger partial charge in [0.1, 0.15) is 0 Å². The smallest absolute Gasteiger partial charge is 0.389 e. The van der Waals surface area contributed by atoms with Gasteiger partial charge in [0.15, 0.2) is 11.6 Å². The molecular formula is C17H22N2NiO2+2. The Kier molecular flexibility index (Phi) is 7.50. The summed E-state index contributed by atoms with van der Waals surface area (Å²) in [5, 5.41) is 3.06. The van der Waals surface area contributed by atoms with Crippen LogP contribution in [0.15, 0.2) is 42.1 Å². The summed E-state index contributed by atoms with van der Waals surface area (Å²) in [4.78, 5) is 26.4. The number of Topliss-reactive ketones (excluding diaryl/α,β-unsaturated/α-hetero) is 2. The zero-order valence-electron chi connectivity index (χ0n) is 12.9. The Hall–Kier alpha value is -1.45. The maximum Gasteiger partial charge on any atom is 2.00 e. The number of carbonyl (C=O) groups is 2. The summed E-state index contributed by atoms with van der Waals surface area (Å²) >= 11 is 0. The molecule has 0 heterocycles. The van der Waals surface area contributed by atoms with Crippen molar-refractivity contribution in [1.82, 2.24) is 10.2 Å². The molecule has 0 atom stereocenters. The molecule has 4 nitrogen and oxygen atoms in total. The predicted molar refractivity (Wildman–Crippen MR) is 83.1 cm³/mol. The molecule has 0 unspecified atom stereocenters. The first kappa shape index (κ1) is 18.6. The van der Waals surface area contributed by atoms with Crippen molar-refractivity contribution in [2.45, 2.75) is 18.8 Å². The Morgan fingerprint density at radius 3 is 2.27 bits per heavy atom. The van der Waals surface area contributed by atoms with Gasteiger partial charge in [-0.25, -0.2) is 0 Å². The monoisotopic (exact) mass is 344 g/mol. The maximum absolute atomic E-state index is 12.2. The van der Waals surface area contributed by atoms with E-state index < -0.39 is 0 Å². The molecule has 0 saturated heterocycles. The van der Waals surface area contributed by atoms with Crippen molar-refractivity contribution >= 4 is 11.6 Å². The molecule has 0 aromatic heterocycles. The number of ketones is 2. The van der Waals surface area contributed by atoms with Crippen LogP contribution in [0.1, 0.15) is 24.3 Å². The molecule has 1 aliphatic carbocycles. The zero-order chi connectivity index (χ0) is 15.2. The fraction of sp³-hybridized carbons (Fsp3) is 0.412. The molecule has 1 saturated carbocycles. The maximum atomic E-state index is 12.2. The number of hydrogen-bond donors (Lipinski definition) is 1. The van der Waals surface area contributed by atoms with Crippen LogP contribution >= 0.6 is 0 Å². The Morgan fingerprint density at radius 2 is 1.73 bits per heavy atom. The average Bonchev–Trinajstić information content (AvgIpc) is 2.46. The first-order valence-electron chi connectivity index (χ1n) is 7.27. The quantitative estimate of drug-likeness (QED) is 0.382. The van der Waals surface area contributed by atoms with Crippen LogP contribution in [-0.4, -0.2) is 43.7 Å². The minimum Gasteiger partial charge on any atom is -0.389 e. The van der Waals surface area contributed by atoms with E-state index in [0.29, 0.717) is 18.4 Å². The van der Waals surface area contributed by atoms with E-state index in [2.05, 4.69) is 5.32 Å². The predicted octanol–water partition coefficient (Wildman–Crippen LogP) is 1.73. The van der Waals surface area contributed by atoms with Crippen LogP contribution in [0.5, 0.6) is 0 Å². The van der Waals surface area contributed by atoms with Gasteiger partial charge in [-0.1, -0.05) is 30.3 Å². The molecule has 1 aliphatic rings. The van der Waals surface area contributed by atoms with Gasteiger partial charge in [-0.3, -0.25) is 9.59 Å². The van der Waals surface area contributed by atoms with Gasteiger partial charge in [-0.05, 0) is 25.6 Å². The van der Waals surface area contributed by atoms with Crippen LogP contribution in [-0.2, 0) is 26.1 Å². The number of likely N-dealkylation sites (N-methyl/N-ethyl adjacent to an activating group) is 1. The van der Waals surface area contributed by atoms with Gasteiger partial charge in [-0.2, -0.15) is 0 Å². The minimum atomic E-state index is -0.0579. The number of rotatable bonds is 5. The molecule has 0 aliphatic heterocycles. The first-order chi connectivity index (χ1) is 10.1. The second-order valence-corrected chi connectivity index (χ2v) is 5.68. The van der Waals surface area contributed by atoms with E-state index in [1.807, 2.05) is 49.3 Å². The van der Waals surface area contributed by atoms with Gasteiger partial charge in [-0.15, -0.1) is 0 Å². The topological polar surface area (TPSA) is 49.4 Å². The summed E-state index contributed by atoms with van der Waals surface area (Å²) in [5.74, 6) is -0.0972. The SMILES string of the molecule is CN(C)CCNC=C1C(=O)CC(c2ccccc2)CC1=O.[Ni+2]. The summed E-state index contributed by atoms with van der Waals surface area (Å²) in [6.45, 7) is 1.58. The van der Waals surface area contributed by atoms with Gasteiger partial charge in [0.05, 0.1) is 5.57 Å². The van der Waals surface area contributed by atoms with E-state index in [4.69, 9.17) is 0 Å². The van der Waals surface area contributed by atoms with Crippen molar-refractivity contribution in [3.05, 3.63) is 47.7 Å². The van der Waals surface area contributed by atoms with Crippen LogP contribution in [0.25, 0.3) is 0 Å². The van der Waals surface area contributed by atoms with Crippen LogP contribution in [0.4, 0.5) is 0 Å². The molecule has 0 amide bonds. The van der Waals surface area contributed by atoms with E-state index in [1.54, 1.807) is 6.20 Å². The second kappa shape index (κ2) is 8.87. The van der Waals surface area contributed by atoms with Gasteiger partial charge >= 0.3 is 16.5 Å². The standard InChI is InChI=1S/C17H22N2O2.Ni/c1-19(2)9-8-18-12-15-16(20)10-14(11-17(15)21)13-6-4-3-5-7-13;/h3-7,12,14,18H,8-11H2,1-2H3;/q;+2. The molecular weight excluding hydrogens is 323 g/mol. The van der Waals surface area contributed by atoms with E-state index in [0.717, 1.165) is 18.7 Å². The van der Waals surface area contributed by atoms with Crippen molar-refractivity contribution in [3.63, 3.8) is 0 Å². The molecule has 1 aromatic carbocycles. The van der Waals surface area contributed by atoms with Gasteiger partial charge in [0.2, 0.25) is 0 Å². The van der Waals surface area contributed by atoms with Crippen molar-refractivity contribution < 1.29 is 26.1 Å². The third-order valence-corrected chi connectivity index (χ3v) is 3.69. The summed E-state index contributed by atoms with van der Waals surface area (Å²) in [7, 11) is 3.96. The van der Waals surface area contributed by atoms with Crippen molar-refractivity contribution in [2.24, 2.45) is 0 Å². The van der Waals surface area contributed by atoms with Crippen molar-refractivity contribution in [1.29, 1.82) is 0 Å². The van der Waals surface area contributed by atoms with Gasteiger partial charge < -0.3 is 10.2 Å². The molecule has 1 N–H and O–H groups in total. The largest absolute Gasteiger partial charge is 2.00 e. The number of hydrogen-bond acceptors (Lipinski definition) is 4. The van der Waals surface area contributed by atoms with Crippen LogP contribution in [0.3, 0.4) is 0 Å². The first-order valence-corrected chi connectivity index (χ1v) is 7.27.